The molecule has 26 heavy (non-hydrogen) atoms. The van der Waals surface area contributed by atoms with Gasteiger partial charge in [-0.2, -0.15) is 9.61 Å². The molecule has 2 aromatic carbocycles. The minimum Gasteiger partial charge on any atom is -0.485 e. The zero-order valence-electron chi connectivity index (χ0n) is 14.3. The van der Waals surface area contributed by atoms with E-state index in [9.17, 15) is 0 Å². The number of ether oxygens (including phenoxy) is 1. The van der Waals surface area contributed by atoms with Crippen LogP contribution in [0.5, 0.6) is 5.75 Å². The summed E-state index contributed by atoms with van der Waals surface area (Å²) in [6.07, 6.45) is 0. The van der Waals surface area contributed by atoms with Gasteiger partial charge in [-0.3, -0.25) is 0 Å². The van der Waals surface area contributed by atoms with E-state index < -0.39 is 0 Å². The number of benzene rings is 2. The van der Waals surface area contributed by atoms with Crippen molar-refractivity contribution in [3.05, 3.63) is 58.6 Å². The van der Waals surface area contributed by atoms with Gasteiger partial charge >= 0.3 is 0 Å². The van der Waals surface area contributed by atoms with Crippen molar-refractivity contribution in [2.75, 3.05) is 19.0 Å². The summed E-state index contributed by atoms with van der Waals surface area (Å²) in [5.74, 6) is 1.35. The standard InChI is InChI=1S/C18H16ClN5OS/c1-23(2)13-9-7-12(8-10-13)17-20-21-18-24(17)22-16(26-18)11-25-15-6-4-3-5-14(15)19/h3-10H,11H2,1-2H3. The van der Waals surface area contributed by atoms with Gasteiger partial charge in [-0.15, -0.1) is 10.2 Å². The largest absolute Gasteiger partial charge is 0.485 e. The fourth-order valence-corrected chi connectivity index (χ4v) is 3.44. The van der Waals surface area contributed by atoms with Gasteiger partial charge in [0.25, 0.3) is 0 Å². The maximum atomic E-state index is 6.12. The minimum atomic E-state index is 0.330. The average Bonchev–Trinajstić information content (AvgIpc) is 3.21. The Hall–Kier alpha value is -2.64. The Kier molecular flexibility index (Phi) is 4.48. The first-order chi connectivity index (χ1) is 12.6. The highest BCUT2D eigenvalue weighted by atomic mass is 35.5. The van der Waals surface area contributed by atoms with E-state index in [1.54, 1.807) is 10.6 Å². The molecule has 6 nitrogen and oxygen atoms in total. The van der Waals surface area contributed by atoms with E-state index in [1.807, 2.05) is 56.6 Å². The average molecular weight is 386 g/mol. The van der Waals surface area contributed by atoms with Crippen LogP contribution in [0.25, 0.3) is 16.3 Å². The molecule has 0 atom stereocenters. The molecule has 0 aliphatic rings. The zero-order valence-corrected chi connectivity index (χ0v) is 15.8. The van der Waals surface area contributed by atoms with Gasteiger partial charge in [-0.05, 0) is 36.4 Å². The van der Waals surface area contributed by atoms with Gasteiger partial charge in [-0.1, -0.05) is 35.1 Å². The molecule has 0 saturated carbocycles. The first-order valence-electron chi connectivity index (χ1n) is 7.98. The molecule has 0 spiro atoms. The third-order valence-electron chi connectivity index (χ3n) is 3.86. The van der Waals surface area contributed by atoms with E-state index in [1.165, 1.54) is 11.3 Å². The fraction of sp³-hybridized carbons (Fsp3) is 0.167. The molecule has 0 saturated heterocycles. The molecule has 0 N–H and O–H groups in total. The summed E-state index contributed by atoms with van der Waals surface area (Å²) < 4.78 is 7.51. The van der Waals surface area contributed by atoms with Crippen LogP contribution in [0.2, 0.25) is 5.02 Å². The van der Waals surface area contributed by atoms with E-state index in [4.69, 9.17) is 16.3 Å². The van der Waals surface area contributed by atoms with Crippen LogP contribution in [0.3, 0.4) is 0 Å². The number of hydrogen-bond acceptors (Lipinski definition) is 6. The molecule has 0 bridgehead atoms. The number of hydrogen-bond donors (Lipinski definition) is 0. The molecular weight excluding hydrogens is 370 g/mol. The van der Waals surface area contributed by atoms with E-state index in [0.717, 1.165) is 21.2 Å². The van der Waals surface area contributed by atoms with Crippen molar-refractivity contribution in [3.63, 3.8) is 0 Å². The van der Waals surface area contributed by atoms with Crippen molar-refractivity contribution in [2.24, 2.45) is 0 Å². The summed E-state index contributed by atoms with van der Waals surface area (Å²) in [5, 5.41) is 14.5. The van der Waals surface area contributed by atoms with Crippen molar-refractivity contribution in [1.29, 1.82) is 0 Å². The third kappa shape index (κ3) is 3.23. The molecule has 0 radical (unpaired) electrons. The molecule has 0 aliphatic carbocycles. The number of anilines is 1. The van der Waals surface area contributed by atoms with Crippen molar-refractivity contribution < 1.29 is 4.74 Å². The Morgan fingerprint density at radius 1 is 1.08 bits per heavy atom. The number of aromatic nitrogens is 4. The van der Waals surface area contributed by atoms with Crippen LogP contribution in [-0.2, 0) is 6.61 Å². The highest BCUT2D eigenvalue weighted by Gasteiger charge is 2.14. The molecule has 4 rings (SSSR count). The highest BCUT2D eigenvalue weighted by molar-refractivity contribution is 7.16. The number of rotatable bonds is 5. The van der Waals surface area contributed by atoms with E-state index in [2.05, 4.69) is 20.2 Å². The molecule has 132 valence electrons. The zero-order chi connectivity index (χ0) is 18.1. The Bertz CT molecular complexity index is 1040. The summed E-state index contributed by atoms with van der Waals surface area (Å²) in [5.41, 5.74) is 2.09. The molecule has 8 heteroatoms. The van der Waals surface area contributed by atoms with Crippen LogP contribution in [0.4, 0.5) is 5.69 Å². The molecule has 0 amide bonds. The second kappa shape index (κ2) is 6.93. The Morgan fingerprint density at radius 2 is 1.85 bits per heavy atom. The smallest absolute Gasteiger partial charge is 0.235 e. The second-order valence-corrected chi connectivity index (χ2v) is 7.32. The fourth-order valence-electron chi connectivity index (χ4n) is 2.50. The predicted molar refractivity (Wildman–Crippen MR) is 104 cm³/mol. The monoisotopic (exact) mass is 385 g/mol. The lowest BCUT2D eigenvalue weighted by molar-refractivity contribution is 0.304. The van der Waals surface area contributed by atoms with Crippen LogP contribution in [0.1, 0.15) is 5.01 Å². The van der Waals surface area contributed by atoms with Crippen LogP contribution < -0.4 is 9.64 Å². The Labute approximate surface area is 159 Å². The number of fused-ring (bicyclic) bond motifs is 1. The van der Waals surface area contributed by atoms with Gasteiger partial charge in [0.05, 0.1) is 5.02 Å². The van der Waals surface area contributed by atoms with Crippen molar-refractivity contribution in [3.8, 4) is 17.1 Å². The van der Waals surface area contributed by atoms with Gasteiger partial charge in [0.15, 0.2) is 10.8 Å². The van der Waals surface area contributed by atoms with E-state index in [0.29, 0.717) is 23.2 Å². The topological polar surface area (TPSA) is 55.5 Å². The molecule has 0 aliphatic heterocycles. The summed E-state index contributed by atoms with van der Waals surface area (Å²) in [7, 11) is 4.02. The molecule has 2 aromatic heterocycles. The number of halogens is 1. The maximum absolute atomic E-state index is 6.12. The van der Waals surface area contributed by atoms with E-state index in [-0.39, 0.29) is 0 Å². The number of para-hydroxylation sites is 1. The predicted octanol–water partition coefficient (Wildman–Crippen LogP) is 4.15. The Morgan fingerprint density at radius 3 is 2.58 bits per heavy atom. The minimum absolute atomic E-state index is 0.330. The van der Waals surface area contributed by atoms with Gasteiger partial charge in [0.2, 0.25) is 4.96 Å². The van der Waals surface area contributed by atoms with Crippen LogP contribution >= 0.6 is 22.9 Å². The van der Waals surface area contributed by atoms with Gasteiger partial charge in [0, 0.05) is 25.3 Å². The van der Waals surface area contributed by atoms with Crippen LogP contribution in [0.15, 0.2) is 48.5 Å². The van der Waals surface area contributed by atoms with Crippen molar-refractivity contribution in [1.82, 2.24) is 19.8 Å². The lowest BCUT2D eigenvalue weighted by Crippen LogP contribution is -2.08. The third-order valence-corrected chi connectivity index (χ3v) is 5.05. The molecule has 0 unspecified atom stereocenters. The summed E-state index contributed by atoms with van der Waals surface area (Å²) >= 11 is 7.56. The Balaban J connectivity index is 1.58. The van der Waals surface area contributed by atoms with Crippen LogP contribution in [0, 0.1) is 0 Å². The molecule has 2 heterocycles. The SMILES string of the molecule is CN(C)c1ccc(-c2nnc3sc(COc4ccccc4Cl)nn23)cc1. The molecule has 4 aromatic rings. The lowest BCUT2D eigenvalue weighted by atomic mass is 10.2. The second-order valence-electron chi connectivity index (χ2n) is 5.87. The highest BCUT2D eigenvalue weighted by Crippen LogP contribution is 2.26. The summed E-state index contributed by atoms with van der Waals surface area (Å²) in [6.45, 7) is 0.330. The summed E-state index contributed by atoms with van der Waals surface area (Å²) in [6, 6.07) is 15.5. The number of nitrogens with zero attached hydrogens (tertiary/aromatic N) is 5. The quantitative estimate of drug-likeness (QED) is 0.516. The summed E-state index contributed by atoms with van der Waals surface area (Å²) in [4.78, 5) is 2.78. The van der Waals surface area contributed by atoms with Crippen molar-refractivity contribution >= 4 is 33.6 Å². The normalized spacial score (nSPS) is 11.0. The van der Waals surface area contributed by atoms with E-state index >= 15 is 0 Å². The first kappa shape index (κ1) is 16.8. The molecule has 0 fully saturated rings. The van der Waals surface area contributed by atoms with Crippen molar-refractivity contribution in [2.45, 2.75) is 6.61 Å². The van der Waals surface area contributed by atoms with Gasteiger partial charge in [0.1, 0.15) is 12.4 Å². The van der Waals surface area contributed by atoms with Gasteiger partial charge < -0.3 is 9.64 Å². The maximum Gasteiger partial charge on any atom is 0.235 e. The van der Waals surface area contributed by atoms with Gasteiger partial charge in [-0.25, -0.2) is 0 Å². The first-order valence-corrected chi connectivity index (χ1v) is 9.17. The molecular formula is C18H16ClN5OS. The lowest BCUT2D eigenvalue weighted by Gasteiger charge is -2.12. The van der Waals surface area contributed by atoms with Crippen LogP contribution in [-0.4, -0.2) is 33.9 Å².